The third kappa shape index (κ3) is 5.94. The van der Waals surface area contributed by atoms with Gasteiger partial charge in [-0.25, -0.2) is 0 Å². The molecular formula is C22H35N3O2. The Balaban J connectivity index is 1.45. The molecule has 1 heterocycles. The van der Waals surface area contributed by atoms with Gasteiger partial charge in [-0.15, -0.1) is 0 Å². The number of primary amides is 1. The molecule has 1 aromatic rings. The van der Waals surface area contributed by atoms with Gasteiger partial charge in [-0.05, 0) is 49.9 Å². The Morgan fingerprint density at radius 3 is 2.41 bits per heavy atom. The molecule has 1 aliphatic heterocycles. The summed E-state index contributed by atoms with van der Waals surface area (Å²) in [5.41, 5.74) is 6.78. The van der Waals surface area contributed by atoms with Crippen molar-refractivity contribution in [1.82, 2.24) is 9.80 Å². The van der Waals surface area contributed by atoms with Gasteiger partial charge in [0.2, 0.25) is 5.91 Å². The van der Waals surface area contributed by atoms with Crippen molar-refractivity contribution in [1.29, 1.82) is 0 Å². The molecule has 5 heteroatoms. The van der Waals surface area contributed by atoms with Gasteiger partial charge in [0.15, 0.2) is 0 Å². The van der Waals surface area contributed by atoms with Crippen molar-refractivity contribution < 1.29 is 9.53 Å². The molecule has 0 bridgehead atoms. The summed E-state index contributed by atoms with van der Waals surface area (Å²) in [4.78, 5) is 16.9. The van der Waals surface area contributed by atoms with Crippen LogP contribution in [0.5, 0.6) is 5.75 Å². The van der Waals surface area contributed by atoms with Crippen molar-refractivity contribution in [3.63, 3.8) is 0 Å². The standard InChI is InChI=1S/C22H35N3O2/c1-24-13-15-25(16-14-24)12-5-17-27-20-10-8-19(9-11-20)21(22(23)26)18-6-3-2-4-7-18/h8-11,18,21H,2-7,12-17H2,1H3,(H2,23,26). The Morgan fingerprint density at radius 1 is 1.11 bits per heavy atom. The highest BCUT2D eigenvalue weighted by atomic mass is 16.5. The largest absolute Gasteiger partial charge is 0.494 e. The lowest BCUT2D eigenvalue weighted by molar-refractivity contribution is -0.120. The summed E-state index contributed by atoms with van der Waals surface area (Å²) in [5, 5.41) is 0. The van der Waals surface area contributed by atoms with Gasteiger partial charge in [0.25, 0.3) is 0 Å². The number of likely N-dealkylation sites (N-methyl/N-ethyl adjacent to an activating group) is 1. The van der Waals surface area contributed by atoms with Crippen molar-refractivity contribution in [2.45, 2.75) is 44.4 Å². The van der Waals surface area contributed by atoms with Crippen molar-refractivity contribution in [3.8, 4) is 5.75 Å². The quantitative estimate of drug-likeness (QED) is 0.712. The third-order valence-electron chi connectivity index (χ3n) is 6.15. The zero-order valence-electron chi connectivity index (χ0n) is 16.7. The highest BCUT2D eigenvalue weighted by Gasteiger charge is 2.29. The van der Waals surface area contributed by atoms with Crippen LogP contribution >= 0.6 is 0 Å². The summed E-state index contributed by atoms with van der Waals surface area (Å²) in [6.45, 7) is 6.45. The minimum Gasteiger partial charge on any atom is -0.494 e. The number of hydrogen-bond acceptors (Lipinski definition) is 4. The second kappa shape index (κ2) is 10.1. The van der Waals surface area contributed by atoms with E-state index in [1.807, 2.05) is 24.3 Å². The smallest absolute Gasteiger partial charge is 0.225 e. The molecule has 1 atom stereocenters. The molecule has 1 saturated carbocycles. The predicted molar refractivity (Wildman–Crippen MR) is 109 cm³/mol. The molecule has 0 radical (unpaired) electrons. The average Bonchev–Trinajstić information content (AvgIpc) is 2.68. The Bertz CT molecular complexity index is 576. The first kappa shape index (κ1) is 20.2. The molecule has 2 aliphatic rings. The topological polar surface area (TPSA) is 58.8 Å². The minimum atomic E-state index is -0.192. The molecule has 150 valence electrons. The van der Waals surface area contributed by atoms with Crippen molar-refractivity contribution in [2.24, 2.45) is 11.7 Å². The molecule has 1 aliphatic carbocycles. The first-order valence-electron chi connectivity index (χ1n) is 10.6. The Kier molecular flexibility index (Phi) is 7.53. The van der Waals surface area contributed by atoms with Gasteiger partial charge in [0.1, 0.15) is 5.75 Å². The van der Waals surface area contributed by atoms with Crippen LogP contribution in [0, 0.1) is 5.92 Å². The summed E-state index contributed by atoms with van der Waals surface area (Å²) >= 11 is 0. The number of piperazine rings is 1. The van der Waals surface area contributed by atoms with E-state index in [0.29, 0.717) is 5.92 Å². The lowest BCUT2D eigenvalue weighted by atomic mass is 9.76. The van der Waals surface area contributed by atoms with Gasteiger partial charge < -0.3 is 20.3 Å². The fourth-order valence-corrected chi connectivity index (χ4v) is 4.46. The van der Waals surface area contributed by atoms with Gasteiger partial charge in [-0.2, -0.15) is 0 Å². The molecule has 27 heavy (non-hydrogen) atoms. The van der Waals surface area contributed by atoms with Gasteiger partial charge in [0, 0.05) is 32.7 Å². The second-order valence-corrected chi connectivity index (χ2v) is 8.19. The van der Waals surface area contributed by atoms with Crippen molar-refractivity contribution in [2.75, 3.05) is 46.4 Å². The van der Waals surface area contributed by atoms with Gasteiger partial charge in [-0.1, -0.05) is 31.4 Å². The normalized spacial score (nSPS) is 21.1. The first-order chi connectivity index (χ1) is 13.1. The molecule has 1 amide bonds. The van der Waals surface area contributed by atoms with Crippen LogP contribution in [-0.2, 0) is 4.79 Å². The van der Waals surface area contributed by atoms with Gasteiger partial charge in [0.05, 0.1) is 12.5 Å². The van der Waals surface area contributed by atoms with E-state index < -0.39 is 0 Å². The van der Waals surface area contributed by atoms with Crippen LogP contribution in [-0.4, -0.2) is 62.1 Å². The van der Waals surface area contributed by atoms with Crippen molar-refractivity contribution >= 4 is 5.91 Å². The van der Waals surface area contributed by atoms with Crippen LogP contribution in [0.15, 0.2) is 24.3 Å². The molecule has 3 rings (SSSR count). The van der Waals surface area contributed by atoms with Crippen LogP contribution in [0.25, 0.3) is 0 Å². The number of nitrogens with zero attached hydrogens (tertiary/aromatic N) is 2. The van der Waals surface area contributed by atoms with Gasteiger partial charge >= 0.3 is 0 Å². The van der Waals surface area contributed by atoms with E-state index >= 15 is 0 Å². The lowest BCUT2D eigenvalue weighted by Crippen LogP contribution is -2.44. The van der Waals surface area contributed by atoms with E-state index in [1.54, 1.807) is 0 Å². The predicted octanol–water partition coefficient (Wildman–Crippen LogP) is 2.85. The fourth-order valence-electron chi connectivity index (χ4n) is 4.46. The number of amides is 1. The molecule has 1 saturated heterocycles. The molecule has 5 nitrogen and oxygen atoms in total. The Labute approximate surface area is 163 Å². The van der Waals surface area contributed by atoms with Crippen LogP contribution in [0.4, 0.5) is 0 Å². The monoisotopic (exact) mass is 373 g/mol. The van der Waals surface area contributed by atoms with E-state index in [1.165, 1.54) is 19.3 Å². The number of ether oxygens (including phenoxy) is 1. The van der Waals surface area contributed by atoms with Gasteiger partial charge in [-0.3, -0.25) is 4.79 Å². The minimum absolute atomic E-state index is 0.156. The second-order valence-electron chi connectivity index (χ2n) is 8.19. The molecule has 1 unspecified atom stereocenters. The van der Waals surface area contributed by atoms with Crippen LogP contribution in [0.1, 0.15) is 50.0 Å². The number of benzene rings is 1. The number of carbonyl (C=O) groups is 1. The molecule has 0 spiro atoms. The zero-order chi connectivity index (χ0) is 19.1. The number of carbonyl (C=O) groups excluding carboxylic acids is 1. The number of rotatable bonds is 8. The van der Waals surface area contributed by atoms with E-state index in [2.05, 4.69) is 16.8 Å². The van der Waals surface area contributed by atoms with E-state index in [0.717, 1.165) is 69.9 Å². The molecule has 2 N–H and O–H groups in total. The number of nitrogens with two attached hydrogens (primary N) is 1. The highest BCUT2D eigenvalue weighted by Crippen LogP contribution is 2.36. The Hall–Kier alpha value is -1.59. The SMILES string of the molecule is CN1CCN(CCCOc2ccc(C(C(N)=O)C3CCCCC3)cc2)CC1. The Morgan fingerprint density at radius 2 is 1.78 bits per heavy atom. The maximum Gasteiger partial charge on any atom is 0.225 e. The molecule has 1 aromatic carbocycles. The highest BCUT2D eigenvalue weighted by molar-refractivity contribution is 5.82. The average molecular weight is 374 g/mol. The van der Waals surface area contributed by atoms with Crippen LogP contribution < -0.4 is 10.5 Å². The number of hydrogen-bond donors (Lipinski definition) is 1. The van der Waals surface area contributed by atoms with Crippen molar-refractivity contribution in [3.05, 3.63) is 29.8 Å². The third-order valence-corrected chi connectivity index (χ3v) is 6.15. The maximum atomic E-state index is 12.0. The lowest BCUT2D eigenvalue weighted by Gasteiger charge is -2.32. The van der Waals surface area contributed by atoms with Crippen LogP contribution in [0.2, 0.25) is 0 Å². The maximum absolute atomic E-state index is 12.0. The first-order valence-corrected chi connectivity index (χ1v) is 10.6. The summed E-state index contributed by atoms with van der Waals surface area (Å²) in [6.07, 6.45) is 6.96. The molecular weight excluding hydrogens is 338 g/mol. The summed E-state index contributed by atoms with van der Waals surface area (Å²) in [6, 6.07) is 8.04. The summed E-state index contributed by atoms with van der Waals surface area (Å²) in [7, 11) is 2.18. The fraction of sp³-hybridized carbons (Fsp3) is 0.682. The summed E-state index contributed by atoms with van der Waals surface area (Å²) < 4.78 is 5.91. The van der Waals surface area contributed by atoms with E-state index in [-0.39, 0.29) is 11.8 Å². The van der Waals surface area contributed by atoms with E-state index in [4.69, 9.17) is 10.5 Å². The zero-order valence-corrected chi connectivity index (χ0v) is 16.7. The summed E-state index contributed by atoms with van der Waals surface area (Å²) in [5.74, 6) is 0.926. The van der Waals surface area contributed by atoms with Crippen LogP contribution in [0.3, 0.4) is 0 Å². The molecule has 2 fully saturated rings. The van der Waals surface area contributed by atoms with E-state index in [9.17, 15) is 4.79 Å². The molecule has 0 aromatic heterocycles.